The summed E-state index contributed by atoms with van der Waals surface area (Å²) in [5.41, 5.74) is -0.183. The van der Waals surface area contributed by atoms with Gasteiger partial charge in [-0.3, -0.25) is 10.1 Å². The van der Waals surface area contributed by atoms with Crippen molar-refractivity contribution < 1.29 is 4.79 Å². The third kappa shape index (κ3) is 1.48. The summed E-state index contributed by atoms with van der Waals surface area (Å²) in [5.74, 6) is 0.368. The van der Waals surface area contributed by atoms with Gasteiger partial charge < -0.3 is 4.90 Å². The van der Waals surface area contributed by atoms with E-state index in [0.717, 1.165) is 12.8 Å². The Bertz CT molecular complexity index is 460. The highest BCUT2D eigenvalue weighted by Gasteiger charge is 2.60. The van der Waals surface area contributed by atoms with Gasteiger partial charge in [-0.25, -0.2) is 0 Å². The first-order valence-corrected chi connectivity index (χ1v) is 7.82. The molecule has 1 N–H and O–H groups in total. The van der Waals surface area contributed by atoms with Crippen molar-refractivity contribution in [3.05, 3.63) is 22.4 Å². The molecule has 4 rings (SSSR count). The van der Waals surface area contributed by atoms with Crippen LogP contribution in [0.25, 0.3) is 0 Å². The molecular formula is C14H18N2OS. The molecule has 1 aromatic heterocycles. The van der Waals surface area contributed by atoms with Crippen LogP contribution < -0.4 is 5.32 Å². The number of thiophene rings is 1. The van der Waals surface area contributed by atoms with Crippen LogP contribution in [-0.2, 0) is 4.79 Å². The van der Waals surface area contributed by atoms with Crippen LogP contribution in [0.15, 0.2) is 17.5 Å². The molecule has 2 heterocycles. The molecule has 1 aromatic rings. The molecule has 4 heteroatoms. The normalized spacial score (nSPS) is 30.6. The summed E-state index contributed by atoms with van der Waals surface area (Å²) < 4.78 is 0. The zero-order valence-corrected chi connectivity index (χ0v) is 11.2. The van der Waals surface area contributed by atoms with Crippen molar-refractivity contribution in [1.29, 1.82) is 0 Å². The molecule has 1 spiro atoms. The molecular weight excluding hydrogens is 244 g/mol. The van der Waals surface area contributed by atoms with Gasteiger partial charge in [0.1, 0.15) is 11.7 Å². The molecule has 3 aliphatic rings. The van der Waals surface area contributed by atoms with E-state index in [1.807, 2.05) is 0 Å². The summed E-state index contributed by atoms with van der Waals surface area (Å²) >= 11 is 1.76. The van der Waals surface area contributed by atoms with E-state index in [2.05, 4.69) is 27.7 Å². The largest absolute Gasteiger partial charge is 0.317 e. The number of rotatable bonds is 2. The van der Waals surface area contributed by atoms with E-state index in [4.69, 9.17) is 0 Å². The van der Waals surface area contributed by atoms with Crippen molar-refractivity contribution in [2.24, 2.45) is 0 Å². The minimum atomic E-state index is -0.183. The number of amides is 1. The van der Waals surface area contributed by atoms with Gasteiger partial charge in [-0.1, -0.05) is 18.9 Å². The fourth-order valence-corrected chi connectivity index (χ4v) is 4.23. The van der Waals surface area contributed by atoms with Gasteiger partial charge in [0, 0.05) is 10.9 Å². The fraction of sp³-hybridized carbons (Fsp3) is 0.643. The standard InChI is InChI=1S/C14H18N2OS/c17-13-14(7-8-14)15-12(11-6-3-9-18-11)16(13)10-4-1-2-5-10/h3,6,9-10,12,15H,1-2,4-5,7-8H2. The number of carbonyl (C=O) groups excluding carboxylic acids is 1. The Kier molecular flexibility index (Phi) is 2.33. The molecule has 1 unspecified atom stereocenters. The van der Waals surface area contributed by atoms with Crippen LogP contribution in [0.2, 0.25) is 0 Å². The first-order valence-electron chi connectivity index (χ1n) is 6.94. The number of hydrogen-bond acceptors (Lipinski definition) is 3. The van der Waals surface area contributed by atoms with Gasteiger partial charge in [-0.05, 0) is 37.1 Å². The van der Waals surface area contributed by atoms with Crippen LogP contribution >= 0.6 is 11.3 Å². The third-order valence-electron chi connectivity index (χ3n) is 4.62. The van der Waals surface area contributed by atoms with Gasteiger partial charge in [0.15, 0.2) is 0 Å². The highest BCUT2D eigenvalue weighted by atomic mass is 32.1. The van der Waals surface area contributed by atoms with E-state index in [0.29, 0.717) is 11.9 Å². The van der Waals surface area contributed by atoms with Crippen LogP contribution in [0.1, 0.15) is 49.6 Å². The van der Waals surface area contributed by atoms with Gasteiger partial charge >= 0.3 is 0 Å². The molecule has 3 fully saturated rings. The Hall–Kier alpha value is -0.870. The lowest BCUT2D eigenvalue weighted by Gasteiger charge is -2.29. The van der Waals surface area contributed by atoms with Gasteiger partial charge in [0.25, 0.3) is 0 Å². The molecule has 3 nitrogen and oxygen atoms in total. The van der Waals surface area contributed by atoms with Crippen molar-refractivity contribution in [2.75, 3.05) is 0 Å². The van der Waals surface area contributed by atoms with Crippen LogP contribution in [0.3, 0.4) is 0 Å². The SMILES string of the molecule is O=C1N(C2CCCC2)C(c2cccs2)NC12CC2. The van der Waals surface area contributed by atoms with E-state index >= 15 is 0 Å². The average Bonchev–Trinajstić information content (AvgIpc) is 2.80. The second kappa shape index (κ2) is 3.81. The molecule has 1 amide bonds. The number of carbonyl (C=O) groups is 1. The molecule has 2 saturated carbocycles. The number of nitrogens with zero attached hydrogens (tertiary/aromatic N) is 1. The summed E-state index contributed by atoms with van der Waals surface area (Å²) in [7, 11) is 0. The minimum absolute atomic E-state index is 0.142. The first kappa shape index (κ1) is 11.0. The zero-order valence-electron chi connectivity index (χ0n) is 10.4. The maximum Gasteiger partial charge on any atom is 0.244 e. The second-order valence-corrected chi connectivity index (χ2v) is 6.77. The van der Waals surface area contributed by atoms with Crippen LogP contribution in [0.5, 0.6) is 0 Å². The molecule has 1 saturated heterocycles. The maximum absolute atomic E-state index is 12.7. The predicted octanol–water partition coefficient (Wildman–Crippen LogP) is 2.65. The molecule has 2 aliphatic carbocycles. The Labute approximate surface area is 111 Å². The second-order valence-electron chi connectivity index (χ2n) is 5.80. The molecule has 18 heavy (non-hydrogen) atoms. The Morgan fingerprint density at radius 3 is 2.72 bits per heavy atom. The van der Waals surface area contributed by atoms with E-state index in [9.17, 15) is 4.79 Å². The van der Waals surface area contributed by atoms with E-state index < -0.39 is 0 Å². The van der Waals surface area contributed by atoms with Crippen molar-refractivity contribution in [1.82, 2.24) is 10.2 Å². The minimum Gasteiger partial charge on any atom is -0.317 e. The summed E-state index contributed by atoms with van der Waals surface area (Å²) in [6, 6.07) is 4.70. The third-order valence-corrected chi connectivity index (χ3v) is 5.54. The summed E-state index contributed by atoms with van der Waals surface area (Å²) in [5, 5.41) is 5.71. The molecule has 0 aromatic carbocycles. The lowest BCUT2D eigenvalue weighted by Crippen LogP contribution is -2.38. The van der Waals surface area contributed by atoms with Crippen LogP contribution in [0, 0.1) is 0 Å². The fourth-order valence-electron chi connectivity index (χ4n) is 3.45. The van der Waals surface area contributed by atoms with E-state index in [-0.39, 0.29) is 11.7 Å². The van der Waals surface area contributed by atoms with Gasteiger partial charge in [-0.2, -0.15) is 0 Å². The van der Waals surface area contributed by atoms with Crippen molar-refractivity contribution >= 4 is 17.2 Å². The summed E-state index contributed by atoms with van der Waals surface area (Å²) in [6.07, 6.45) is 7.12. The topological polar surface area (TPSA) is 32.3 Å². The molecule has 96 valence electrons. The van der Waals surface area contributed by atoms with Crippen molar-refractivity contribution in [3.8, 4) is 0 Å². The predicted molar refractivity (Wildman–Crippen MR) is 71.3 cm³/mol. The molecule has 1 atom stereocenters. The van der Waals surface area contributed by atoms with Gasteiger partial charge in [0.2, 0.25) is 5.91 Å². The molecule has 0 bridgehead atoms. The zero-order chi connectivity index (χ0) is 12.2. The van der Waals surface area contributed by atoms with Crippen LogP contribution in [-0.4, -0.2) is 22.4 Å². The summed E-state index contributed by atoms with van der Waals surface area (Å²) in [4.78, 5) is 16.1. The van der Waals surface area contributed by atoms with E-state index in [1.165, 1.54) is 30.6 Å². The molecule has 1 aliphatic heterocycles. The Morgan fingerprint density at radius 2 is 2.11 bits per heavy atom. The lowest BCUT2D eigenvalue weighted by atomic mass is 10.2. The van der Waals surface area contributed by atoms with Crippen LogP contribution in [0.4, 0.5) is 0 Å². The number of nitrogens with one attached hydrogen (secondary N) is 1. The smallest absolute Gasteiger partial charge is 0.244 e. The monoisotopic (exact) mass is 262 g/mol. The van der Waals surface area contributed by atoms with E-state index in [1.54, 1.807) is 11.3 Å². The lowest BCUT2D eigenvalue weighted by molar-refractivity contribution is -0.133. The highest BCUT2D eigenvalue weighted by molar-refractivity contribution is 7.10. The van der Waals surface area contributed by atoms with Crippen molar-refractivity contribution in [3.63, 3.8) is 0 Å². The van der Waals surface area contributed by atoms with Gasteiger partial charge in [0.05, 0.1) is 0 Å². The van der Waals surface area contributed by atoms with Crippen molar-refractivity contribution in [2.45, 2.75) is 56.3 Å². The Morgan fingerprint density at radius 1 is 1.33 bits per heavy atom. The number of hydrogen-bond donors (Lipinski definition) is 1. The Balaban J connectivity index is 1.69. The quantitative estimate of drug-likeness (QED) is 0.888. The average molecular weight is 262 g/mol. The molecule has 0 radical (unpaired) electrons. The highest BCUT2D eigenvalue weighted by Crippen LogP contribution is 2.48. The maximum atomic E-state index is 12.7. The summed E-state index contributed by atoms with van der Waals surface area (Å²) in [6.45, 7) is 0. The van der Waals surface area contributed by atoms with Gasteiger partial charge in [-0.15, -0.1) is 11.3 Å². The first-order chi connectivity index (χ1) is 8.80.